The van der Waals surface area contributed by atoms with Gasteiger partial charge < -0.3 is 14.3 Å². The Morgan fingerprint density at radius 2 is 1.71 bits per heavy atom. The second kappa shape index (κ2) is 7.56. The molecule has 1 aliphatic carbocycles. The summed E-state index contributed by atoms with van der Waals surface area (Å²) in [5.74, 6) is -0.576. The molecular formula is C21H18N2O5. The van der Waals surface area contributed by atoms with Crippen molar-refractivity contribution in [2.24, 2.45) is 0 Å². The van der Waals surface area contributed by atoms with Gasteiger partial charge >= 0.3 is 18.1 Å². The fourth-order valence-corrected chi connectivity index (χ4v) is 3.43. The highest BCUT2D eigenvalue weighted by atomic mass is 16.6. The fourth-order valence-electron chi connectivity index (χ4n) is 3.43. The summed E-state index contributed by atoms with van der Waals surface area (Å²) in [4.78, 5) is 26.6. The van der Waals surface area contributed by atoms with Crippen LogP contribution in [0.15, 0.2) is 59.1 Å². The summed E-state index contributed by atoms with van der Waals surface area (Å²) in [5.41, 5.74) is 4.57. The van der Waals surface area contributed by atoms with Gasteiger partial charge in [0.1, 0.15) is 12.4 Å². The smallest absolute Gasteiger partial charge is 0.415 e. The van der Waals surface area contributed by atoms with Crippen LogP contribution in [0.1, 0.15) is 29.2 Å². The molecule has 3 aromatic rings. The van der Waals surface area contributed by atoms with Crippen molar-refractivity contribution in [1.82, 2.24) is 4.98 Å². The maximum Gasteiger partial charge on any atom is 0.415 e. The number of hydrogen-bond acceptors (Lipinski definition) is 5. The van der Waals surface area contributed by atoms with E-state index in [2.05, 4.69) is 22.4 Å². The van der Waals surface area contributed by atoms with Crippen LogP contribution in [0.5, 0.6) is 0 Å². The fraction of sp³-hybridized carbons (Fsp3) is 0.190. The first-order valence-electron chi connectivity index (χ1n) is 8.90. The van der Waals surface area contributed by atoms with Gasteiger partial charge in [0.2, 0.25) is 0 Å². The Labute approximate surface area is 161 Å². The minimum atomic E-state index is -0.928. The number of aryl methyl sites for hydroxylation is 1. The predicted molar refractivity (Wildman–Crippen MR) is 101 cm³/mol. The topological polar surface area (TPSA) is 102 Å². The Balaban J connectivity index is 1.40. The van der Waals surface area contributed by atoms with Gasteiger partial charge in [0.05, 0.1) is 12.6 Å². The highest BCUT2D eigenvalue weighted by molar-refractivity contribution is 5.82. The normalized spacial score (nSPS) is 12.3. The Morgan fingerprint density at radius 1 is 1.07 bits per heavy atom. The number of carbonyl (C=O) groups excluding carboxylic acids is 1. The van der Waals surface area contributed by atoms with E-state index in [1.165, 1.54) is 6.20 Å². The Bertz CT molecular complexity index is 981. The maximum absolute atomic E-state index is 12.1. The van der Waals surface area contributed by atoms with E-state index in [1.54, 1.807) is 0 Å². The quantitative estimate of drug-likeness (QED) is 0.671. The number of nitrogens with zero attached hydrogens (tertiary/aromatic N) is 1. The van der Waals surface area contributed by atoms with E-state index in [1.807, 2.05) is 36.4 Å². The molecule has 0 saturated carbocycles. The molecule has 7 nitrogen and oxygen atoms in total. The number of oxazole rings is 1. The number of carboxylic acids is 1. The number of amides is 1. The zero-order valence-electron chi connectivity index (χ0n) is 14.9. The van der Waals surface area contributed by atoms with Gasteiger partial charge in [0, 0.05) is 12.3 Å². The van der Waals surface area contributed by atoms with Gasteiger partial charge in [-0.25, -0.2) is 15.1 Å². The van der Waals surface area contributed by atoms with Crippen molar-refractivity contribution in [3.63, 3.8) is 0 Å². The number of hydrogen-bond donors (Lipinski definition) is 2. The number of rotatable bonds is 6. The van der Waals surface area contributed by atoms with Crippen LogP contribution in [0.25, 0.3) is 11.1 Å². The van der Waals surface area contributed by atoms with Gasteiger partial charge in [0.15, 0.2) is 0 Å². The summed E-state index contributed by atoms with van der Waals surface area (Å²) in [5, 5.41) is 11.1. The minimum absolute atomic E-state index is 0.0161. The number of nitrogens with one attached hydrogen (secondary N) is 1. The molecule has 0 fully saturated rings. The molecule has 0 radical (unpaired) electrons. The van der Waals surface area contributed by atoms with Gasteiger partial charge in [-0.1, -0.05) is 48.5 Å². The van der Waals surface area contributed by atoms with Crippen molar-refractivity contribution in [3.8, 4) is 11.1 Å². The third-order valence-electron chi connectivity index (χ3n) is 4.69. The molecule has 0 aliphatic heterocycles. The second-order valence-corrected chi connectivity index (χ2v) is 6.48. The first-order chi connectivity index (χ1) is 13.6. The van der Waals surface area contributed by atoms with Crippen LogP contribution in [0.2, 0.25) is 0 Å². The van der Waals surface area contributed by atoms with E-state index in [4.69, 9.17) is 14.3 Å². The molecule has 1 aliphatic rings. The van der Waals surface area contributed by atoms with E-state index >= 15 is 0 Å². The first-order valence-corrected chi connectivity index (χ1v) is 8.90. The summed E-state index contributed by atoms with van der Waals surface area (Å²) in [6.45, 7) is 0.187. The lowest BCUT2D eigenvalue weighted by molar-refractivity contribution is -0.137. The van der Waals surface area contributed by atoms with Crippen LogP contribution in [-0.4, -0.2) is 28.8 Å². The van der Waals surface area contributed by atoms with Gasteiger partial charge in [-0.05, 0) is 22.3 Å². The molecule has 0 spiro atoms. The summed E-state index contributed by atoms with van der Waals surface area (Å²) in [6.07, 6.45) is 0.851. The van der Waals surface area contributed by atoms with E-state index in [-0.39, 0.29) is 31.4 Å². The maximum atomic E-state index is 12.1. The highest BCUT2D eigenvalue weighted by Crippen LogP contribution is 2.44. The number of aliphatic carboxylic acids is 1. The Morgan fingerprint density at radius 3 is 2.36 bits per heavy atom. The molecule has 142 valence electrons. The second-order valence-electron chi connectivity index (χ2n) is 6.48. The standard InChI is InChI=1S/C21H18N2O5/c24-19(25)10-9-13-11-22-20(28-13)23-21(26)27-12-18-16-7-3-1-5-14(16)15-6-2-4-8-17(15)18/h1-8,11,18H,9-10,12H2,(H,24,25)(H,22,23,26). The lowest BCUT2D eigenvalue weighted by atomic mass is 9.98. The molecule has 1 amide bonds. The third kappa shape index (κ3) is 3.59. The number of ether oxygens (including phenoxy) is 1. The number of benzene rings is 2. The minimum Gasteiger partial charge on any atom is -0.481 e. The summed E-state index contributed by atoms with van der Waals surface area (Å²) in [6, 6.07) is 16.2. The van der Waals surface area contributed by atoms with Gasteiger partial charge in [-0.2, -0.15) is 0 Å². The van der Waals surface area contributed by atoms with Gasteiger partial charge in [0.25, 0.3) is 0 Å². The zero-order valence-corrected chi connectivity index (χ0v) is 14.9. The Hall–Kier alpha value is -3.61. The molecule has 0 unspecified atom stereocenters. The predicted octanol–water partition coefficient (Wildman–Crippen LogP) is 4.05. The molecule has 0 saturated heterocycles. The molecule has 2 N–H and O–H groups in total. The number of carbonyl (C=O) groups is 2. The van der Waals surface area contributed by atoms with Crippen molar-refractivity contribution in [1.29, 1.82) is 0 Å². The number of fused-ring (bicyclic) bond motifs is 3. The number of carboxylic acid groups (broad SMARTS) is 1. The summed E-state index contributed by atoms with van der Waals surface area (Å²) >= 11 is 0. The summed E-state index contributed by atoms with van der Waals surface area (Å²) in [7, 11) is 0. The van der Waals surface area contributed by atoms with E-state index < -0.39 is 12.1 Å². The van der Waals surface area contributed by atoms with Crippen LogP contribution >= 0.6 is 0 Å². The number of anilines is 1. The summed E-state index contributed by atoms with van der Waals surface area (Å²) < 4.78 is 10.7. The largest absolute Gasteiger partial charge is 0.481 e. The van der Waals surface area contributed by atoms with Gasteiger partial charge in [-0.3, -0.25) is 4.79 Å². The number of aromatic nitrogens is 1. The molecule has 2 aromatic carbocycles. The molecule has 1 aromatic heterocycles. The lowest BCUT2D eigenvalue weighted by Gasteiger charge is -2.13. The molecule has 0 atom stereocenters. The average Bonchev–Trinajstić information content (AvgIpc) is 3.27. The van der Waals surface area contributed by atoms with Crippen molar-refractivity contribution in [2.45, 2.75) is 18.8 Å². The molecule has 7 heteroatoms. The van der Waals surface area contributed by atoms with Crippen molar-refractivity contribution in [3.05, 3.63) is 71.6 Å². The molecule has 0 bridgehead atoms. The zero-order chi connectivity index (χ0) is 19.5. The molecule has 4 rings (SSSR count). The van der Waals surface area contributed by atoms with E-state index in [0.29, 0.717) is 5.76 Å². The van der Waals surface area contributed by atoms with Crippen LogP contribution < -0.4 is 5.32 Å². The first kappa shape index (κ1) is 17.8. The SMILES string of the molecule is O=C(O)CCc1cnc(NC(=O)OCC2c3ccccc3-c3ccccc32)o1. The lowest BCUT2D eigenvalue weighted by Crippen LogP contribution is -2.18. The van der Waals surface area contributed by atoms with E-state index in [0.717, 1.165) is 22.3 Å². The van der Waals surface area contributed by atoms with Crippen LogP contribution in [-0.2, 0) is 16.0 Å². The van der Waals surface area contributed by atoms with E-state index in [9.17, 15) is 9.59 Å². The molecule has 1 heterocycles. The highest BCUT2D eigenvalue weighted by Gasteiger charge is 2.29. The molecule has 28 heavy (non-hydrogen) atoms. The van der Waals surface area contributed by atoms with Crippen molar-refractivity contribution >= 4 is 18.1 Å². The third-order valence-corrected chi connectivity index (χ3v) is 4.69. The average molecular weight is 378 g/mol. The Kier molecular flexibility index (Phi) is 4.80. The molecular weight excluding hydrogens is 360 g/mol. The van der Waals surface area contributed by atoms with Crippen LogP contribution in [0, 0.1) is 0 Å². The monoisotopic (exact) mass is 378 g/mol. The van der Waals surface area contributed by atoms with Crippen LogP contribution in [0.4, 0.5) is 10.8 Å². The van der Waals surface area contributed by atoms with Gasteiger partial charge in [-0.15, -0.1) is 0 Å². The van der Waals surface area contributed by atoms with Crippen LogP contribution in [0.3, 0.4) is 0 Å². The van der Waals surface area contributed by atoms with Crippen molar-refractivity contribution in [2.75, 3.05) is 11.9 Å². The van der Waals surface area contributed by atoms with Crippen molar-refractivity contribution < 1.29 is 23.8 Å².